The Bertz CT molecular complexity index is 2260. The highest BCUT2D eigenvalue weighted by Gasteiger charge is 2.28. The van der Waals surface area contributed by atoms with Crippen LogP contribution in [0.5, 0.6) is 0 Å². The molecule has 0 saturated carbocycles. The maximum atomic E-state index is 12.5. The Morgan fingerprint density at radius 2 is 1.62 bits per heavy atom. The molecule has 0 fully saturated rings. The third kappa shape index (κ3) is 7.78. The van der Waals surface area contributed by atoms with Crippen LogP contribution in [-0.4, -0.2) is 46.0 Å². The van der Waals surface area contributed by atoms with E-state index in [1.807, 2.05) is 24.3 Å². The Kier molecular flexibility index (Phi) is 10.6. The van der Waals surface area contributed by atoms with E-state index in [9.17, 15) is 21.4 Å². The summed E-state index contributed by atoms with van der Waals surface area (Å²) in [6, 6.07) is 24.7. The smallest absolute Gasteiger partial charge is 0.283 e. The predicted octanol–water partition coefficient (Wildman–Crippen LogP) is 6.94. The van der Waals surface area contributed by atoms with Crippen molar-refractivity contribution in [2.75, 3.05) is 29.5 Å². The summed E-state index contributed by atoms with van der Waals surface area (Å²) in [7, 11) is -8.07. The maximum Gasteiger partial charge on any atom is 0.283 e. The average molecular weight is 724 g/mol. The van der Waals surface area contributed by atoms with Gasteiger partial charge in [-0.15, -0.1) is 0 Å². The number of allylic oxidation sites excluding steroid dienone is 2. The van der Waals surface area contributed by atoms with E-state index in [0.29, 0.717) is 26.1 Å². The van der Waals surface area contributed by atoms with Gasteiger partial charge in [-0.1, -0.05) is 91.5 Å². The maximum absolute atomic E-state index is 12.5. The van der Waals surface area contributed by atoms with E-state index in [4.69, 9.17) is 4.28 Å². The van der Waals surface area contributed by atoms with Crippen LogP contribution in [-0.2, 0) is 31.1 Å². The summed E-state index contributed by atoms with van der Waals surface area (Å²) in [5.74, 6) is -0.553. The predicted molar refractivity (Wildman–Crippen MR) is 195 cm³/mol. The van der Waals surface area contributed by atoms with Gasteiger partial charge in [-0.3, -0.25) is 0 Å². The molecule has 0 unspecified atom stereocenters. The van der Waals surface area contributed by atoms with Crippen LogP contribution >= 0.6 is 23.1 Å². The molecule has 1 aliphatic rings. The molecule has 0 radical (unpaired) electrons. The van der Waals surface area contributed by atoms with Crippen molar-refractivity contribution in [2.24, 2.45) is 0 Å². The number of aryl methyl sites for hydroxylation is 1. The van der Waals surface area contributed by atoms with Crippen molar-refractivity contribution in [1.29, 1.82) is 0 Å². The van der Waals surface area contributed by atoms with E-state index >= 15 is 0 Å². The molecule has 252 valence electrons. The molecule has 1 N–H and O–H groups in total. The molecule has 0 spiro atoms. The number of benzene rings is 4. The SMILES string of the molecule is CCNOS(=O)(=O)CCCN1C(=CC(=Cc2sc3ccc4ccccc4c3[n+]2CCCS(=O)(=O)[O-])CC)Sc2ccc3ccccc3c21. The molecule has 4 aromatic carbocycles. The van der Waals surface area contributed by atoms with Crippen molar-refractivity contribution in [1.82, 2.24) is 5.48 Å². The van der Waals surface area contributed by atoms with E-state index in [0.717, 1.165) is 64.4 Å². The number of fused-ring (bicyclic) bond motifs is 6. The quantitative estimate of drug-likeness (QED) is 0.0739. The number of thiazole rings is 1. The van der Waals surface area contributed by atoms with Crippen molar-refractivity contribution in [2.45, 2.75) is 44.6 Å². The number of hydrogen-bond acceptors (Lipinski definition) is 10. The third-order valence-corrected chi connectivity index (χ3v) is 12.3. The van der Waals surface area contributed by atoms with E-state index in [1.54, 1.807) is 30.0 Å². The van der Waals surface area contributed by atoms with Gasteiger partial charge in [0.05, 0.1) is 32.0 Å². The van der Waals surface area contributed by atoms with Crippen LogP contribution in [0.25, 0.3) is 37.8 Å². The highest BCUT2D eigenvalue weighted by Crippen LogP contribution is 2.50. The largest absolute Gasteiger partial charge is 0.748 e. The Morgan fingerprint density at radius 1 is 0.917 bits per heavy atom. The van der Waals surface area contributed by atoms with Gasteiger partial charge in [0.15, 0.2) is 6.54 Å². The number of nitrogens with one attached hydrogen (secondary N) is 1. The van der Waals surface area contributed by atoms with Crippen LogP contribution in [0.2, 0.25) is 0 Å². The lowest BCUT2D eigenvalue weighted by atomic mass is 10.1. The normalized spacial score (nSPS) is 14.9. The number of hydrogen-bond donors (Lipinski definition) is 1. The second kappa shape index (κ2) is 14.7. The molecule has 13 heteroatoms. The standard InChI is InChI=1S/C35H37N3O6S4/c1-3-25(23-32-37(19-9-21-47(39,40)41)34-28-13-7-5-11-26(28)15-17-30(34)45-32)24-33-38(20-10-22-48(42,43)44-36-4-2)35-29-14-8-6-12-27(29)16-18-31(35)46-33/h5-8,11-18,23-24,36H,3-4,9-10,19-22H2,1-2H3. The number of aromatic nitrogens is 1. The van der Waals surface area contributed by atoms with Crippen LogP contribution in [0.1, 0.15) is 38.1 Å². The highest BCUT2D eigenvalue weighted by atomic mass is 32.2. The summed E-state index contributed by atoms with van der Waals surface area (Å²) in [4.78, 5) is 3.31. The molecule has 9 nitrogen and oxygen atoms in total. The van der Waals surface area contributed by atoms with E-state index < -0.39 is 26.0 Å². The number of rotatable bonds is 14. The van der Waals surface area contributed by atoms with Gasteiger partial charge < -0.3 is 9.45 Å². The average Bonchev–Trinajstić information content (AvgIpc) is 3.60. The molecule has 2 heterocycles. The van der Waals surface area contributed by atoms with Gasteiger partial charge >= 0.3 is 0 Å². The number of nitrogens with zero attached hydrogens (tertiary/aromatic N) is 2. The van der Waals surface area contributed by atoms with E-state index in [-0.39, 0.29) is 12.2 Å². The monoisotopic (exact) mass is 723 g/mol. The van der Waals surface area contributed by atoms with Crippen LogP contribution < -0.4 is 14.9 Å². The first-order chi connectivity index (χ1) is 23.1. The Morgan fingerprint density at radius 3 is 2.35 bits per heavy atom. The van der Waals surface area contributed by atoms with Crippen molar-refractivity contribution in [3.63, 3.8) is 0 Å². The molecule has 5 aromatic rings. The molecule has 6 rings (SSSR count). The molecule has 0 amide bonds. The summed E-state index contributed by atoms with van der Waals surface area (Å²) >= 11 is 3.30. The van der Waals surface area contributed by atoms with Gasteiger partial charge in [0.2, 0.25) is 5.52 Å². The van der Waals surface area contributed by atoms with Crippen molar-refractivity contribution >= 4 is 86.9 Å². The molecule has 0 bridgehead atoms. The molecule has 1 aromatic heterocycles. The molecular formula is C35H37N3O6S4. The molecule has 48 heavy (non-hydrogen) atoms. The fourth-order valence-corrected chi connectivity index (χ4v) is 9.67. The lowest BCUT2D eigenvalue weighted by molar-refractivity contribution is -0.667. The van der Waals surface area contributed by atoms with Crippen molar-refractivity contribution in [3.8, 4) is 0 Å². The fourth-order valence-electron chi connectivity index (χ4n) is 5.96. The zero-order chi connectivity index (χ0) is 33.9. The first-order valence-corrected chi connectivity index (χ1v) is 20.7. The van der Waals surface area contributed by atoms with Crippen molar-refractivity contribution in [3.05, 3.63) is 94.5 Å². The minimum Gasteiger partial charge on any atom is -0.748 e. The summed E-state index contributed by atoms with van der Waals surface area (Å²) < 4.78 is 67.5. The van der Waals surface area contributed by atoms with E-state index in [2.05, 4.69) is 82.6 Å². The van der Waals surface area contributed by atoms with Gasteiger partial charge in [-0.2, -0.15) is 22.7 Å². The molecule has 0 atom stereocenters. The summed E-state index contributed by atoms with van der Waals surface area (Å²) in [5, 5.41) is 6.32. The number of anilines is 1. The lowest BCUT2D eigenvalue weighted by Gasteiger charge is -2.22. The third-order valence-electron chi connectivity index (χ3n) is 8.14. The van der Waals surface area contributed by atoms with Gasteiger partial charge in [-0.05, 0) is 53.5 Å². The molecular weight excluding hydrogens is 687 g/mol. The van der Waals surface area contributed by atoms with Gasteiger partial charge in [-0.25, -0.2) is 8.42 Å². The van der Waals surface area contributed by atoms with Crippen LogP contribution in [0.4, 0.5) is 5.69 Å². The van der Waals surface area contributed by atoms with Crippen LogP contribution in [0, 0.1) is 0 Å². The Balaban J connectivity index is 1.40. The summed E-state index contributed by atoms with van der Waals surface area (Å²) in [5.41, 5.74) is 5.59. The van der Waals surface area contributed by atoms with E-state index in [1.165, 1.54) is 0 Å². The molecule has 1 aliphatic heterocycles. The van der Waals surface area contributed by atoms with Gasteiger partial charge in [0, 0.05) is 41.6 Å². The molecule has 0 saturated heterocycles. The zero-order valence-corrected chi connectivity index (χ0v) is 30.0. The van der Waals surface area contributed by atoms with Crippen molar-refractivity contribution < 1.29 is 30.2 Å². The number of thioether (sulfide) groups is 1. The Labute approximate surface area is 289 Å². The summed E-state index contributed by atoms with van der Waals surface area (Å²) in [6.07, 6.45) is 5.61. The topological polar surface area (TPSA) is 120 Å². The summed E-state index contributed by atoms with van der Waals surface area (Å²) in [6.45, 7) is 5.11. The van der Waals surface area contributed by atoms with Crippen LogP contribution in [0.3, 0.4) is 0 Å². The fraction of sp³-hybridized carbons (Fsp3) is 0.286. The highest BCUT2D eigenvalue weighted by molar-refractivity contribution is 8.03. The zero-order valence-electron chi connectivity index (χ0n) is 26.7. The minimum atomic E-state index is -4.34. The molecule has 0 aliphatic carbocycles. The van der Waals surface area contributed by atoms with Gasteiger partial charge in [0.1, 0.15) is 4.70 Å². The lowest BCUT2D eigenvalue weighted by Crippen LogP contribution is -2.36. The first-order valence-electron chi connectivity index (χ1n) is 15.9. The first kappa shape index (κ1) is 34.6. The minimum absolute atomic E-state index is 0.125. The van der Waals surface area contributed by atoms with Crippen LogP contribution in [0.15, 0.2) is 94.4 Å². The van der Waals surface area contributed by atoms with Gasteiger partial charge in [0.25, 0.3) is 15.1 Å². The second-order valence-corrected chi connectivity index (χ2v) is 16.8. The Hall–Kier alpha value is -3.30. The number of hydroxylamine groups is 1. The second-order valence-electron chi connectivity index (χ2n) is 11.5.